The van der Waals surface area contributed by atoms with Gasteiger partial charge in [0.2, 0.25) is 16.7 Å². The fourth-order valence-electron chi connectivity index (χ4n) is 9.98. The summed E-state index contributed by atoms with van der Waals surface area (Å²) in [5, 5.41) is 0.125. The van der Waals surface area contributed by atoms with Gasteiger partial charge in [0.15, 0.2) is 23.1 Å². The SMILES string of the molecule is CCN(CC)CC.CCOC(=O)c1cn(C2CC2)c2c(OCC[C@@H]3CC[C@H](C)C3)c(F)c(F)cc2c1=O.CCOC(=O)c1cn(C2CC2)c2c3c(c(F)cc2c1=O)N1C[C@H](C)C[C@@H]1CCO3. The van der Waals surface area contributed by atoms with E-state index in [4.69, 9.17) is 18.9 Å². The lowest BCUT2D eigenvalue weighted by molar-refractivity contribution is 0.0514. The number of carbonyl (C=O) groups excluding carboxylic acids is 2. The number of carbonyl (C=O) groups is 2. The number of rotatable bonds is 13. The largest absolute Gasteiger partial charge is 0.489 e. The predicted molar refractivity (Wildman–Crippen MR) is 250 cm³/mol. The number of nitrogens with zero attached hydrogens (tertiary/aromatic N) is 4. The molecule has 1 saturated heterocycles. The fourth-order valence-corrected chi connectivity index (χ4v) is 9.98. The van der Waals surface area contributed by atoms with Crippen LogP contribution in [0.4, 0.5) is 18.9 Å². The van der Waals surface area contributed by atoms with Gasteiger partial charge in [-0.25, -0.2) is 18.4 Å². The molecular formula is C51H67F3N4O8. The van der Waals surface area contributed by atoms with E-state index in [9.17, 15) is 28.0 Å². The van der Waals surface area contributed by atoms with Crippen molar-refractivity contribution in [3.63, 3.8) is 0 Å². The Bertz CT molecular complexity index is 2530. The molecule has 0 bridgehead atoms. The number of hydrogen-bond acceptors (Lipinski definition) is 10. The molecule has 15 heteroatoms. The maximum atomic E-state index is 15.4. The van der Waals surface area contributed by atoms with Gasteiger partial charge in [-0.15, -0.1) is 0 Å². The first-order chi connectivity index (χ1) is 31.7. The Kier molecular flexibility index (Phi) is 15.8. The van der Waals surface area contributed by atoms with Crippen molar-refractivity contribution < 1.29 is 41.7 Å². The molecule has 2 aromatic heterocycles. The summed E-state index contributed by atoms with van der Waals surface area (Å²) in [6.07, 6.45) is 12.6. The molecule has 5 aliphatic rings. The number of pyridine rings is 2. The highest BCUT2D eigenvalue weighted by molar-refractivity contribution is 5.98. The zero-order valence-electron chi connectivity index (χ0n) is 39.7. The highest BCUT2D eigenvalue weighted by Crippen LogP contribution is 2.47. The third-order valence-electron chi connectivity index (χ3n) is 13.8. The Labute approximate surface area is 385 Å². The van der Waals surface area contributed by atoms with Gasteiger partial charge in [-0.3, -0.25) is 9.59 Å². The van der Waals surface area contributed by atoms with Crippen LogP contribution in [0, 0.1) is 35.2 Å². The smallest absolute Gasteiger partial charge is 0.343 e. The normalized spacial score (nSPS) is 21.0. The van der Waals surface area contributed by atoms with E-state index >= 15 is 4.39 Å². The molecule has 12 nitrogen and oxygen atoms in total. The Balaban J connectivity index is 0.000000172. The molecule has 2 aromatic carbocycles. The molecule has 4 aromatic rings. The summed E-state index contributed by atoms with van der Waals surface area (Å²) in [5.74, 6) is -2.27. The summed E-state index contributed by atoms with van der Waals surface area (Å²) >= 11 is 0. The van der Waals surface area contributed by atoms with Crippen molar-refractivity contribution >= 4 is 39.4 Å². The molecule has 0 N–H and O–H groups in total. The first-order valence-corrected chi connectivity index (χ1v) is 24.3. The van der Waals surface area contributed by atoms with Crippen LogP contribution in [0.15, 0.2) is 34.1 Å². The fraction of sp³-hybridized carbons (Fsp3) is 0.608. The van der Waals surface area contributed by atoms with Gasteiger partial charge in [-0.2, -0.15) is 4.39 Å². The Morgan fingerprint density at radius 1 is 0.712 bits per heavy atom. The van der Waals surface area contributed by atoms with Gasteiger partial charge in [0, 0.05) is 43.5 Å². The van der Waals surface area contributed by atoms with Gasteiger partial charge in [-0.1, -0.05) is 47.5 Å². The van der Waals surface area contributed by atoms with Crippen molar-refractivity contribution in [1.29, 1.82) is 0 Å². The topological polar surface area (TPSA) is 122 Å². The average molecular weight is 921 g/mol. The Hall–Kier alpha value is -5.05. The minimum Gasteiger partial charge on any atom is -0.489 e. The second-order valence-corrected chi connectivity index (χ2v) is 18.6. The van der Waals surface area contributed by atoms with Crippen LogP contribution < -0.4 is 25.2 Å². The lowest BCUT2D eigenvalue weighted by Gasteiger charge is -2.26. The lowest BCUT2D eigenvalue weighted by Crippen LogP contribution is -2.29. The number of aromatic nitrogens is 2. The Morgan fingerprint density at radius 3 is 1.79 bits per heavy atom. The van der Waals surface area contributed by atoms with Crippen molar-refractivity contribution in [2.45, 2.75) is 131 Å². The van der Waals surface area contributed by atoms with Crippen LogP contribution in [0.25, 0.3) is 21.8 Å². The van der Waals surface area contributed by atoms with Crippen molar-refractivity contribution in [2.24, 2.45) is 17.8 Å². The van der Waals surface area contributed by atoms with Gasteiger partial charge in [-0.05, 0) is 108 Å². The maximum absolute atomic E-state index is 15.4. The first kappa shape index (κ1) is 48.9. The van der Waals surface area contributed by atoms with Gasteiger partial charge in [0.25, 0.3) is 0 Å². The van der Waals surface area contributed by atoms with Crippen LogP contribution in [0.2, 0.25) is 0 Å². The molecule has 0 amide bonds. The van der Waals surface area contributed by atoms with E-state index in [1.165, 1.54) is 38.3 Å². The van der Waals surface area contributed by atoms with E-state index in [2.05, 4.69) is 44.4 Å². The maximum Gasteiger partial charge on any atom is 0.343 e. The number of benzene rings is 2. The van der Waals surface area contributed by atoms with Crippen LogP contribution in [0.3, 0.4) is 0 Å². The van der Waals surface area contributed by atoms with E-state index < -0.39 is 40.2 Å². The lowest BCUT2D eigenvalue weighted by atomic mass is 10.0. The van der Waals surface area contributed by atoms with Crippen LogP contribution in [0.1, 0.15) is 145 Å². The zero-order valence-corrected chi connectivity index (χ0v) is 39.7. The molecule has 3 aliphatic carbocycles. The third kappa shape index (κ3) is 10.4. The summed E-state index contributed by atoms with van der Waals surface area (Å²) in [4.78, 5) is 55.1. The molecule has 9 rings (SSSR count). The molecule has 66 heavy (non-hydrogen) atoms. The first-order valence-electron chi connectivity index (χ1n) is 24.3. The number of hydrogen-bond donors (Lipinski definition) is 0. The molecule has 4 fully saturated rings. The number of esters is 2. The molecule has 4 heterocycles. The van der Waals surface area contributed by atoms with Crippen LogP contribution in [-0.4, -0.2) is 84.6 Å². The highest BCUT2D eigenvalue weighted by Gasteiger charge is 2.39. The number of ether oxygens (including phenoxy) is 4. The van der Waals surface area contributed by atoms with Crippen molar-refractivity contribution in [1.82, 2.24) is 14.0 Å². The van der Waals surface area contributed by atoms with E-state index in [-0.39, 0.29) is 71.1 Å². The highest BCUT2D eigenvalue weighted by atomic mass is 19.2. The molecule has 2 aliphatic heterocycles. The van der Waals surface area contributed by atoms with Gasteiger partial charge in [0.1, 0.15) is 16.8 Å². The summed E-state index contributed by atoms with van der Waals surface area (Å²) in [6.45, 7) is 19.7. The Morgan fingerprint density at radius 2 is 1.27 bits per heavy atom. The van der Waals surface area contributed by atoms with E-state index in [1.807, 2.05) is 4.57 Å². The quantitative estimate of drug-likeness (QED) is 0.120. The molecule has 0 spiro atoms. The predicted octanol–water partition coefficient (Wildman–Crippen LogP) is 9.99. The molecule has 3 saturated carbocycles. The van der Waals surface area contributed by atoms with E-state index in [1.54, 1.807) is 24.6 Å². The minimum atomic E-state index is -1.16. The molecule has 4 atom stereocenters. The van der Waals surface area contributed by atoms with E-state index in [0.717, 1.165) is 70.4 Å². The van der Waals surface area contributed by atoms with Gasteiger partial charge in [0.05, 0.1) is 48.2 Å². The molecule has 360 valence electrons. The van der Waals surface area contributed by atoms with Crippen LogP contribution in [-0.2, 0) is 9.47 Å². The number of halogens is 3. The summed E-state index contributed by atoms with van der Waals surface area (Å²) < 4.78 is 70.0. The van der Waals surface area contributed by atoms with Crippen LogP contribution in [0.5, 0.6) is 11.5 Å². The summed E-state index contributed by atoms with van der Waals surface area (Å²) in [6, 6.07) is 2.59. The van der Waals surface area contributed by atoms with Gasteiger partial charge >= 0.3 is 11.9 Å². The number of anilines is 1. The van der Waals surface area contributed by atoms with Gasteiger partial charge < -0.3 is 37.9 Å². The second kappa shape index (κ2) is 21.3. The monoisotopic (exact) mass is 920 g/mol. The van der Waals surface area contributed by atoms with Crippen molar-refractivity contribution in [2.75, 3.05) is 57.5 Å². The second-order valence-electron chi connectivity index (χ2n) is 18.6. The summed E-state index contributed by atoms with van der Waals surface area (Å²) in [5.41, 5.74) is -0.122. The van der Waals surface area contributed by atoms with Crippen molar-refractivity contribution in [3.8, 4) is 11.5 Å². The van der Waals surface area contributed by atoms with Crippen molar-refractivity contribution in [3.05, 3.63) is 73.6 Å². The third-order valence-corrected chi connectivity index (χ3v) is 13.8. The minimum absolute atomic E-state index is 0.0177. The molecule has 0 radical (unpaired) electrons. The number of fused-ring (bicyclic) bond motifs is 6. The summed E-state index contributed by atoms with van der Waals surface area (Å²) in [7, 11) is 0. The average Bonchev–Trinajstić information content (AvgIpc) is 4.24. The standard InChI is InChI=1S/C23H27F2NO4.C22H25FN2O4.C6H15N/c1-3-29-23(28)17-12-26(15-6-7-15)20-16(21(17)27)11-18(24)19(25)22(20)30-9-8-14-5-4-13(2)10-14;1-3-28-22(27)16-11-25(13-4-5-13)18-15(20(16)26)9-17(23)19-21(18)29-7-6-14-8-12(2)10-24(14)19;1-4-7(5-2)6-3/h11-15H,3-10H2,1-2H3;9,11-14H,3-8,10H2,1-2H3;4-6H2,1-3H3/t13-,14-;12-,14+;/m01./s1. The zero-order chi connectivity index (χ0) is 47.4. The van der Waals surface area contributed by atoms with Crippen LogP contribution >= 0.6 is 0 Å². The molecular weight excluding hydrogens is 854 g/mol. The molecule has 0 unspecified atom stereocenters. The van der Waals surface area contributed by atoms with E-state index in [0.29, 0.717) is 41.3 Å².